The van der Waals surface area contributed by atoms with Crippen LogP contribution in [0.25, 0.3) is 0 Å². The van der Waals surface area contributed by atoms with Crippen molar-refractivity contribution >= 4 is 11.4 Å². The summed E-state index contributed by atoms with van der Waals surface area (Å²) in [5.41, 5.74) is 9.17. The van der Waals surface area contributed by atoms with Crippen LogP contribution in [0.4, 0.5) is 5.69 Å². The molecule has 0 bridgehead atoms. The highest BCUT2D eigenvalue weighted by Crippen LogP contribution is 2.35. The second kappa shape index (κ2) is 10.4. The van der Waals surface area contributed by atoms with Crippen LogP contribution >= 0.6 is 0 Å². The maximum absolute atomic E-state index is 5.22. The molecule has 1 atom stereocenters. The lowest BCUT2D eigenvalue weighted by molar-refractivity contribution is 0.710. The molecule has 0 saturated heterocycles. The van der Waals surface area contributed by atoms with E-state index >= 15 is 0 Å². The summed E-state index contributed by atoms with van der Waals surface area (Å²) in [5.74, 6) is 1.93. The van der Waals surface area contributed by atoms with Crippen LogP contribution in [0.3, 0.4) is 0 Å². The van der Waals surface area contributed by atoms with E-state index < -0.39 is 0 Å². The summed E-state index contributed by atoms with van der Waals surface area (Å²) in [6, 6.07) is 6.87. The van der Waals surface area contributed by atoms with E-state index in [1.165, 1.54) is 33.7 Å². The summed E-state index contributed by atoms with van der Waals surface area (Å²) in [5, 5.41) is 3.84. The van der Waals surface area contributed by atoms with E-state index in [1.54, 1.807) is 0 Å². The molecule has 1 N–H and O–H groups in total. The van der Waals surface area contributed by atoms with Crippen LogP contribution in [0.15, 0.2) is 46.1 Å². The number of hydrogen-bond acceptors (Lipinski definition) is 2. The van der Waals surface area contributed by atoms with Gasteiger partial charge in [0.15, 0.2) is 0 Å². The molecule has 0 aromatic heterocycles. The van der Waals surface area contributed by atoms with Crippen LogP contribution < -0.4 is 5.32 Å². The van der Waals surface area contributed by atoms with E-state index in [1.807, 2.05) is 0 Å². The number of nitrogens with one attached hydrogen (secondary N) is 1. The third-order valence-corrected chi connectivity index (χ3v) is 6.12. The standard InChI is InChI=1S/C28H43N2/c1-17(2)23-13-11-14-24(18(3)4)27(23)29-21(9)22(10)30-28-25(19(5)6)15-12-16-26(28)20(7)8/h11,13-21,29H,12H2,1-10H3/q-1. The van der Waals surface area contributed by atoms with E-state index in [-0.39, 0.29) is 6.04 Å². The zero-order valence-electron chi connectivity index (χ0n) is 20.9. The van der Waals surface area contributed by atoms with Crippen molar-refractivity contribution < 1.29 is 0 Å². The second-order valence-electron chi connectivity index (χ2n) is 9.95. The third kappa shape index (κ3) is 5.59. The van der Waals surface area contributed by atoms with Crippen molar-refractivity contribution in [2.45, 2.75) is 93.5 Å². The Hall–Kier alpha value is -1.96. The lowest BCUT2D eigenvalue weighted by atomic mass is 9.84. The van der Waals surface area contributed by atoms with Gasteiger partial charge in [-0.05, 0) is 42.7 Å². The SMILES string of the molecule is CC(=NC1=C(C(C)C)[CH-]CC=C1C(C)C)C(C)Nc1c(C(C)C)cccc1C(C)C. The fraction of sp³-hybridized carbons (Fsp3) is 0.571. The number of hydrogen-bond donors (Lipinski definition) is 1. The van der Waals surface area contributed by atoms with E-state index in [0.717, 1.165) is 12.1 Å². The smallest absolute Gasteiger partial charge is 0.0596 e. The number of anilines is 1. The molecule has 0 spiro atoms. The summed E-state index contributed by atoms with van der Waals surface area (Å²) in [6.07, 6.45) is 5.73. The Morgan fingerprint density at radius 2 is 1.43 bits per heavy atom. The van der Waals surface area contributed by atoms with Crippen molar-refractivity contribution in [2.24, 2.45) is 16.8 Å². The van der Waals surface area contributed by atoms with Crippen LogP contribution in [0.1, 0.15) is 98.6 Å². The molecule has 166 valence electrons. The lowest BCUT2D eigenvalue weighted by Gasteiger charge is -2.34. The topological polar surface area (TPSA) is 24.4 Å². The first kappa shape index (κ1) is 24.3. The molecule has 2 heteroatoms. The Kier molecular flexibility index (Phi) is 8.41. The normalized spacial score (nSPS) is 16.5. The van der Waals surface area contributed by atoms with Crippen molar-refractivity contribution in [2.75, 3.05) is 5.32 Å². The van der Waals surface area contributed by atoms with Gasteiger partial charge in [-0.1, -0.05) is 91.6 Å². The third-order valence-electron chi connectivity index (χ3n) is 6.12. The molecular formula is C28H43N2-. The van der Waals surface area contributed by atoms with Gasteiger partial charge < -0.3 is 10.3 Å². The predicted molar refractivity (Wildman–Crippen MR) is 135 cm³/mol. The van der Waals surface area contributed by atoms with Gasteiger partial charge in [-0.2, -0.15) is 5.57 Å². The first-order valence-electron chi connectivity index (χ1n) is 11.8. The van der Waals surface area contributed by atoms with Gasteiger partial charge in [-0.25, -0.2) is 6.42 Å². The molecule has 1 aliphatic carbocycles. The molecule has 0 aliphatic heterocycles. The zero-order valence-corrected chi connectivity index (χ0v) is 20.9. The zero-order chi connectivity index (χ0) is 22.6. The Balaban J connectivity index is 2.43. The van der Waals surface area contributed by atoms with Gasteiger partial charge in [0.25, 0.3) is 0 Å². The van der Waals surface area contributed by atoms with Crippen molar-refractivity contribution in [1.82, 2.24) is 0 Å². The average molecular weight is 408 g/mol. The van der Waals surface area contributed by atoms with Gasteiger partial charge in [0.05, 0.1) is 6.04 Å². The minimum atomic E-state index is 0.165. The van der Waals surface area contributed by atoms with Gasteiger partial charge in [0, 0.05) is 11.4 Å². The van der Waals surface area contributed by atoms with Gasteiger partial charge in [0.1, 0.15) is 0 Å². The number of para-hydroxylation sites is 1. The number of allylic oxidation sites excluding steroid dienone is 3. The Labute approximate surface area is 186 Å². The van der Waals surface area contributed by atoms with Gasteiger partial charge in [0.2, 0.25) is 0 Å². The fourth-order valence-electron chi connectivity index (χ4n) is 4.13. The summed E-state index contributed by atoms with van der Waals surface area (Å²) < 4.78 is 0. The van der Waals surface area contributed by atoms with Gasteiger partial charge >= 0.3 is 0 Å². The Bertz CT molecular complexity index is 793. The summed E-state index contributed by atoms with van der Waals surface area (Å²) in [4.78, 5) is 5.22. The summed E-state index contributed by atoms with van der Waals surface area (Å²) in [7, 11) is 0. The van der Waals surface area contributed by atoms with Crippen molar-refractivity contribution in [1.29, 1.82) is 0 Å². The lowest BCUT2D eigenvalue weighted by Crippen LogP contribution is -2.26. The average Bonchev–Trinajstić information content (AvgIpc) is 2.67. The first-order chi connectivity index (χ1) is 14.0. The molecule has 1 aromatic carbocycles. The second-order valence-corrected chi connectivity index (χ2v) is 9.95. The maximum atomic E-state index is 5.22. The number of aliphatic imine (C=N–C) groups is 1. The molecule has 1 aromatic rings. The molecule has 0 saturated carbocycles. The summed E-state index contributed by atoms with van der Waals surface area (Å²) >= 11 is 0. The molecule has 2 nitrogen and oxygen atoms in total. The Morgan fingerprint density at radius 3 is 1.90 bits per heavy atom. The van der Waals surface area contributed by atoms with Gasteiger partial charge in [-0.3, -0.25) is 0 Å². The highest BCUT2D eigenvalue weighted by molar-refractivity contribution is 5.91. The van der Waals surface area contributed by atoms with Crippen molar-refractivity contribution in [3.8, 4) is 0 Å². The van der Waals surface area contributed by atoms with Crippen LogP contribution in [0.2, 0.25) is 0 Å². The first-order valence-corrected chi connectivity index (χ1v) is 11.8. The van der Waals surface area contributed by atoms with E-state index in [4.69, 9.17) is 4.99 Å². The number of benzene rings is 1. The van der Waals surface area contributed by atoms with E-state index in [9.17, 15) is 0 Å². The minimum absolute atomic E-state index is 0.165. The molecule has 0 radical (unpaired) electrons. The maximum Gasteiger partial charge on any atom is 0.0596 e. The van der Waals surface area contributed by atoms with E-state index in [0.29, 0.717) is 23.7 Å². The molecule has 0 fully saturated rings. The van der Waals surface area contributed by atoms with Crippen molar-refractivity contribution in [3.05, 3.63) is 58.7 Å². The molecule has 1 aliphatic rings. The van der Waals surface area contributed by atoms with Crippen LogP contribution in [-0.4, -0.2) is 11.8 Å². The number of nitrogens with zero attached hydrogens (tertiary/aromatic N) is 1. The molecular weight excluding hydrogens is 364 g/mol. The highest BCUT2D eigenvalue weighted by atomic mass is 15.0. The molecule has 0 heterocycles. The Morgan fingerprint density at radius 1 is 0.867 bits per heavy atom. The quantitative estimate of drug-likeness (QED) is 0.340. The predicted octanol–water partition coefficient (Wildman–Crippen LogP) is 8.30. The molecule has 2 rings (SSSR count). The fourth-order valence-corrected chi connectivity index (χ4v) is 4.13. The van der Waals surface area contributed by atoms with Crippen LogP contribution in [0.5, 0.6) is 0 Å². The minimum Gasteiger partial charge on any atom is -0.377 e. The van der Waals surface area contributed by atoms with Crippen LogP contribution in [-0.2, 0) is 0 Å². The molecule has 1 unspecified atom stereocenters. The number of rotatable bonds is 8. The van der Waals surface area contributed by atoms with Crippen LogP contribution in [0, 0.1) is 18.3 Å². The van der Waals surface area contributed by atoms with Crippen molar-refractivity contribution in [3.63, 3.8) is 0 Å². The molecule has 0 amide bonds. The summed E-state index contributed by atoms with van der Waals surface area (Å²) in [6.45, 7) is 22.6. The highest BCUT2D eigenvalue weighted by Gasteiger charge is 2.17. The monoisotopic (exact) mass is 407 g/mol. The van der Waals surface area contributed by atoms with Gasteiger partial charge in [-0.15, -0.1) is 11.6 Å². The largest absolute Gasteiger partial charge is 0.377 e. The molecule has 30 heavy (non-hydrogen) atoms. The van der Waals surface area contributed by atoms with E-state index in [2.05, 4.69) is 105 Å².